The Bertz CT molecular complexity index is 511. The van der Waals surface area contributed by atoms with Gasteiger partial charge in [0, 0.05) is 26.3 Å². The van der Waals surface area contributed by atoms with Crippen LogP contribution < -0.4 is 5.73 Å². The highest BCUT2D eigenvalue weighted by atomic mass is 32.2. The number of rotatable bonds is 3. The molecule has 1 aliphatic heterocycles. The number of imidazole rings is 1. The molecule has 1 aromatic heterocycles. The Morgan fingerprint density at radius 2 is 2.28 bits per heavy atom. The zero-order valence-electron chi connectivity index (χ0n) is 10.8. The first-order valence-corrected chi connectivity index (χ1v) is 7.57. The van der Waals surface area contributed by atoms with Crippen molar-refractivity contribution in [1.29, 1.82) is 0 Å². The molecule has 2 rings (SSSR count). The van der Waals surface area contributed by atoms with E-state index in [2.05, 4.69) is 11.9 Å². The first-order valence-electron chi connectivity index (χ1n) is 6.13. The lowest BCUT2D eigenvalue weighted by molar-refractivity contribution is 0.203. The summed E-state index contributed by atoms with van der Waals surface area (Å²) < 4.78 is 27.9. The van der Waals surface area contributed by atoms with Gasteiger partial charge in [0.15, 0.2) is 5.03 Å². The molecular formula is C11H20N4O2S. The van der Waals surface area contributed by atoms with Gasteiger partial charge >= 0.3 is 0 Å². The number of aromatic nitrogens is 2. The number of aryl methyl sites for hydroxylation is 1. The van der Waals surface area contributed by atoms with Crippen LogP contribution in [0.5, 0.6) is 0 Å². The number of hydrogen-bond donors (Lipinski definition) is 1. The summed E-state index contributed by atoms with van der Waals surface area (Å²) in [6.45, 7) is 3.70. The average molecular weight is 272 g/mol. The van der Waals surface area contributed by atoms with Gasteiger partial charge < -0.3 is 10.3 Å². The van der Waals surface area contributed by atoms with E-state index < -0.39 is 10.0 Å². The largest absolute Gasteiger partial charge is 0.339 e. The van der Waals surface area contributed by atoms with E-state index in [0.717, 1.165) is 6.42 Å². The van der Waals surface area contributed by atoms with E-state index in [9.17, 15) is 8.42 Å². The maximum Gasteiger partial charge on any atom is 0.262 e. The third-order valence-electron chi connectivity index (χ3n) is 3.66. The monoisotopic (exact) mass is 272 g/mol. The van der Waals surface area contributed by atoms with Crippen LogP contribution in [-0.2, 0) is 17.1 Å². The van der Waals surface area contributed by atoms with Crippen LogP contribution in [-0.4, -0.2) is 41.9 Å². The molecule has 0 aromatic carbocycles. The molecule has 0 spiro atoms. The van der Waals surface area contributed by atoms with Crippen LogP contribution in [0.25, 0.3) is 0 Å². The summed E-state index contributed by atoms with van der Waals surface area (Å²) in [5.74, 6) is 0.711. The lowest BCUT2D eigenvalue weighted by atomic mass is 9.88. The Balaban J connectivity index is 2.21. The zero-order valence-corrected chi connectivity index (χ0v) is 11.6. The second kappa shape index (κ2) is 4.99. The summed E-state index contributed by atoms with van der Waals surface area (Å²) >= 11 is 0. The molecule has 0 aliphatic carbocycles. The van der Waals surface area contributed by atoms with Crippen molar-refractivity contribution in [1.82, 2.24) is 13.9 Å². The van der Waals surface area contributed by atoms with Crippen LogP contribution >= 0.6 is 0 Å². The van der Waals surface area contributed by atoms with Gasteiger partial charge in [0.25, 0.3) is 10.0 Å². The average Bonchev–Trinajstić information content (AvgIpc) is 2.77. The fourth-order valence-electron chi connectivity index (χ4n) is 2.30. The fraction of sp³-hybridized carbons (Fsp3) is 0.727. The lowest BCUT2D eigenvalue weighted by Gasteiger charge is -2.35. The summed E-state index contributed by atoms with van der Waals surface area (Å²) in [6.07, 6.45) is 3.89. The number of piperidine rings is 1. The van der Waals surface area contributed by atoms with Gasteiger partial charge in [0.1, 0.15) is 0 Å². The Morgan fingerprint density at radius 3 is 2.83 bits per heavy atom. The van der Waals surface area contributed by atoms with Crippen molar-refractivity contribution in [3.8, 4) is 0 Å². The molecule has 2 atom stereocenters. The Hall–Kier alpha value is -0.920. The molecule has 1 aromatic rings. The predicted molar refractivity (Wildman–Crippen MR) is 68.3 cm³/mol. The lowest BCUT2D eigenvalue weighted by Crippen LogP contribution is -2.45. The van der Waals surface area contributed by atoms with Crippen LogP contribution in [0.2, 0.25) is 0 Å². The van der Waals surface area contributed by atoms with Gasteiger partial charge in [-0.1, -0.05) is 6.92 Å². The Morgan fingerprint density at radius 1 is 1.56 bits per heavy atom. The van der Waals surface area contributed by atoms with Crippen LogP contribution in [0, 0.1) is 11.8 Å². The Labute approximate surface area is 108 Å². The maximum atomic E-state index is 12.4. The van der Waals surface area contributed by atoms with Gasteiger partial charge in [0.05, 0.1) is 6.33 Å². The third-order valence-corrected chi connectivity index (χ3v) is 5.42. The van der Waals surface area contributed by atoms with E-state index in [4.69, 9.17) is 5.73 Å². The van der Waals surface area contributed by atoms with Crippen LogP contribution in [0.4, 0.5) is 0 Å². The first-order chi connectivity index (χ1) is 8.45. The highest BCUT2D eigenvalue weighted by Gasteiger charge is 2.34. The molecule has 2 heterocycles. The van der Waals surface area contributed by atoms with Crippen molar-refractivity contribution in [2.75, 3.05) is 19.6 Å². The number of nitrogens with two attached hydrogens (primary N) is 1. The molecular weight excluding hydrogens is 252 g/mol. The molecule has 0 amide bonds. The SMILES string of the molecule is CC1CCN(S(=O)(=O)c2cn(C)cn2)CC1CN. The molecule has 7 heteroatoms. The maximum absolute atomic E-state index is 12.4. The van der Waals surface area contributed by atoms with E-state index in [-0.39, 0.29) is 10.9 Å². The Kier molecular flexibility index (Phi) is 3.74. The molecule has 0 radical (unpaired) electrons. The molecule has 1 saturated heterocycles. The van der Waals surface area contributed by atoms with Crippen LogP contribution in [0.1, 0.15) is 13.3 Å². The molecule has 0 bridgehead atoms. The second-order valence-corrected chi connectivity index (χ2v) is 6.89. The van der Waals surface area contributed by atoms with Crippen molar-refractivity contribution < 1.29 is 8.42 Å². The van der Waals surface area contributed by atoms with E-state index >= 15 is 0 Å². The van der Waals surface area contributed by atoms with Crippen molar-refractivity contribution >= 4 is 10.0 Å². The molecule has 1 aliphatic rings. The quantitative estimate of drug-likeness (QED) is 0.841. The minimum absolute atomic E-state index is 0.121. The second-order valence-electron chi connectivity index (χ2n) is 5.00. The number of sulfonamides is 1. The standard InChI is InChI=1S/C11H20N4O2S/c1-9-3-4-15(6-10(9)5-12)18(16,17)11-7-14(2)8-13-11/h7-10H,3-6,12H2,1-2H3. The minimum atomic E-state index is -3.46. The minimum Gasteiger partial charge on any atom is -0.339 e. The van der Waals surface area contributed by atoms with Gasteiger partial charge in [-0.25, -0.2) is 13.4 Å². The summed E-state index contributed by atoms with van der Waals surface area (Å²) in [5.41, 5.74) is 5.70. The summed E-state index contributed by atoms with van der Waals surface area (Å²) in [4.78, 5) is 3.93. The van der Waals surface area contributed by atoms with Gasteiger partial charge in [-0.05, 0) is 24.8 Å². The summed E-state index contributed by atoms with van der Waals surface area (Å²) in [5, 5.41) is 0.121. The highest BCUT2D eigenvalue weighted by molar-refractivity contribution is 7.89. The smallest absolute Gasteiger partial charge is 0.262 e. The van der Waals surface area contributed by atoms with E-state index in [1.165, 1.54) is 16.8 Å². The first kappa shape index (κ1) is 13.5. The van der Waals surface area contributed by atoms with E-state index in [1.807, 2.05) is 0 Å². The molecule has 0 saturated carbocycles. The van der Waals surface area contributed by atoms with Crippen molar-refractivity contribution in [2.24, 2.45) is 24.6 Å². The molecule has 2 unspecified atom stereocenters. The van der Waals surface area contributed by atoms with E-state index in [1.54, 1.807) is 11.6 Å². The molecule has 102 valence electrons. The topological polar surface area (TPSA) is 81.2 Å². The molecule has 1 fully saturated rings. The van der Waals surface area contributed by atoms with Crippen molar-refractivity contribution in [2.45, 2.75) is 18.4 Å². The van der Waals surface area contributed by atoms with Gasteiger partial charge in [-0.15, -0.1) is 0 Å². The number of nitrogens with zero attached hydrogens (tertiary/aromatic N) is 3. The van der Waals surface area contributed by atoms with Gasteiger partial charge in [-0.3, -0.25) is 0 Å². The van der Waals surface area contributed by atoms with Gasteiger partial charge in [-0.2, -0.15) is 4.31 Å². The molecule has 2 N–H and O–H groups in total. The fourth-order valence-corrected chi connectivity index (χ4v) is 3.77. The molecule has 18 heavy (non-hydrogen) atoms. The zero-order chi connectivity index (χ0) is 13.3. The van der Waals surface area contributed by atoms with Crippen molar-refractivity contribution in [3.63, 3.8) is 0 Å². The van der Waals surface area contributed by atoms with Crippen LogP contribution in [0.3, 0.4) is 0 Å². The number of hydrogen-bond acceptors (Lipinski definition) is 4. The predicted octanol–water partition coefficient (Wildman–Crippen LogP) is 0.0255. The summed E-state index contributed by atoms with van der Waals surface area (Å²) in [6, 6.07) is 0. The van der Waals surface area contributed by atoms with Gasteiger partial charge in [0.2, 0.25) is 0 Å². The molecule has 6 nitrogen and oxygen atoms in total. The highest BCUT2D eigenvalue weighted by Crippen LogP contribution is 2.26. The third kappa shape index (κ3) is 2.43. The van der Waals surface area contributed by atoms with Crippen molar-refractivity contribution in [3.05, 3.63) is 12.5 Å². The normalized spacial score (nSPS) is 26.4. The summed E-state index contributed by atoms with van der Waals surface area (Å²) in [7, 11) is -1.70. The van der Waals surface area contributed by atoms with E-state index in [0.29, 0.717) is 25.6 Å². The van der Waals surface area contributed by atoms with Crippen LogP contribution in [0.15, 0.2) is 17.6 Å².